The highest BCUT2D eigenvalue weighted by molar-refractivity contribution is 7.17. The molecule has 0 aliphatic rings. The summed E-state index contributed by atoms with van der Waals surface area (Å²) in [5.74, 6) is -1.33. The number of halogens is 1. The maximum absolute atomic E-state index is 13.0. The summed E-state index contributed by atoms with van der Waals surface area (Å²) in [4.78, 5) is 28.8. The second-order valence-corrected chi connectivity index (χ2v) is 6.30. The van der Waals surface area contributed by atoms with Crippen molar-refractivity contribution in [2.45, 2.75) is 6.92 Å². The van der Waals surface area contributed by atoms with Crippen LogP contribution in [0.1, 0.15) is 25.7 Å². The number of carbonyl (C=O) groups is 2. The number of anilines is 1. The van der Waals surface area contributed by atoms with Crippen LogP contribution in [0.2, 0.25) is 0 Å². The Bertz CT molecular complexity index is 951. The SMILES string of the molecule is Cc1nc(-c2ccc(F)cc2)sc1C(=O)Nc1ccccc1C(N)=O. The van der Waals surface area contributed by atoms with Gasteiger partial charge in [0.25, 0.3) is 11.8 Å². The zero-order chi connectivity index (χ0) is 18.0. The maximum atomic E-state index is 13.0. The number of hydrogen-bond acceptors (Lipinski definition) is 4. The Labute approximate surface area is 147 Å². The van der Waals surface area contributed by atoms with Crippen LogP contribution < -0.4 is 11.1 Å². The quantitative estimate of drug-likeness (QED) is 0.750. The van der Waals surface area contributed by atoms with E-state index in [1.165, 1.54) is 23.5 Å². The monoisotopic (exact) mass is 355 g/mol. The largest absolute Gasteiger partial charge is 0.366 e. The van der Waals surface area contributed by atoms with Crippen LogP contribution in [0, 0.1) is 12.7 Å². The lowest BCUT2D eigenvalue weighted by Crippen LogP contribution is -2.18. The Morgan fingerprint density at radius 3 is 2.48 bits per heavy atom. The molecule has 0 spiro atoms. The summed E-state index contributed by atoms with van der Waals surface area (Å²) in [5.41, 5.74) is 7.18. The normalized spacial score (nSPS) is 10.5. The minimum Gasteiger partial charge on any atom is -0.366 e. The molecule has 3 rings (SSSR count). The zero-order valence-corrected chi connectivity index (χ0v) is 14.1. The number of aryl methyl sites for hydroxylation is 1. The fraction of sp³-hybridized carbons (Fsp3) is 0.0556. The fourth-order valence-corrected chi connectivity index (χ4v) is 3.28. The van der Waals surface area contributed by atoms with Gasteiger partial charge in [-0.15, -0.1) is 11.3 Å². The van der Waals surface area contributed by atoms with E-state index in [0.29, 0.717) is 21.3 Å². The van der Waals surface area contributed by atoms with Crippen molar-refractivity contribution in [2.75, 3.05) is 5.32 Å². The van der Waals surface area contributed by atoms with E-state index in [0.717, 1.165) is 5.56 Å². The summed E-state index contributed by atoms with van der Waals surface area (Å²) in [6.07, 6.45) is 0. The van der Waals surface area contributed by atoms with E-state index in [-0.39, 0.29) is 17.3 Å². The molecule has 2 amide bonds. The molecule has 0 aliphatic carbocycles. The lowest BCUT2D eigenvalue weighted by Gasteiger charge is -2.07. The van der Waals surface area contributed by atoms with E-state index >= 15 is 0 Å². The number of nitrogens with two attached hydrogens (primary N) is 1. The highest BCUT2D eigenvalue weighted by Gasteiger charge is 2.18. The summed E-state index contributed by atoms with van der Waals surface area (Å²) < 4.78 is 13.0. The molecule has 0 radical (unpaired) electrons. The average Bonchev–Trinajstić information content (AvgIpc) is 2.97. The van der Waals surface area contributed by atoms with Gasteiger partial charge in [0.15, 0.2) is 0 Å². The number of nitrogens with one attached hydrogen (secondary N) is 1. The average molecular weight is 355 g/mol. The molecular weight excluding hydrogens is 341 g/mol. The van der Waals surface area contributed by atoms with Crippen molar-refractivity contribution in [2.24, 2.45) is 5.73 Å². The van der Waals surface area contributed by atoms with E-state index in [4.69, 9.17) is 5.73 Å². The fourth-order valence-electron chi connectivity index (χ4n) is 2.31. The van der Waals surface area contributed by atoms with Crippen molar-refractivity contribution in [3.05, 3.63) is 70.5 Å². The Morgan fingerprint density at radius 2 is 1.80 bits per heavy atom. The number of para-hydroxylation sites is 1. The van der Waals surface area contributed by atoms with Crippen molar-refractivity contribution >= 4 is 28.8 Å². The molecule has 3 N–H and O–H groups in total. The van der Waals surface area contributed by atoms with Gasteiger partial charge in [0.1, 0.15) is 15.7 Å². The number of nitrogens with zero attached hydrogens (tertiary/aromatic N) is 1. The van der Waals surface area contributed by atoms with Gasteiger partial charge in [-0.05, 0) is 43.3 Å². The van der Waals surface area contributed by atoms with E-state index in [1.807, 2.05) is 0 Å². The number of benzene rings is 2. The lowest BCUT2D eigenvalue weighted by atomic mass is 10.1. The summed E-state index contributed by atoms with van der Waals surface area (Å²) in [7, 11) is 0. The molecule has 126 valence electrons. The molecule has 3 aromatic rings. The molecule has 7 heteroatoms. The molecule has 25 heavy (non-hydrogen) atoms. The smallest absolute Gasteiger partial charge is 0.267 e. The van der Waals surface area contributed by atoms with E-state index in [2.05, 4.69) is 10.3 Å². The van der Waals surface area contributed by atoms with Crippen LogP contribution >= 0.6 is 11.3 Å². The van der Waals surface area contributed by atoms with Crippen molar-refractivity contribution in [3.8, 4) is 10.6 Å². The minimum absolute atomic E-state index is 0.233. The number of aromatic nitrogens is 1. The molecule has 1 aromatic heterocycles. The second kappa shape index (κ2) is 6.82. The third-order valence-electron chi connectivity index (χ3n) is 3.53. The summed E-state index contributed by atoms with van der Waals surface area (Å²) in [6, 6.07) is 12.4. The topological polar surface area (TPSA) is 85.1 Å². The van der Waals surface area contributed by atoms with Crippen molar-refractivity contribution in [1.29, 1.82) is 0 Å². The van der Waals surface area contributed by atoms with Crippen molar-refractivity contribution < 1.29 is 14.0 Å². The molecule has 1 heterocycles. The third kappa shape index (κ3) is 3.56. The van der Waals surface area contributed by atoms with E-state index < -0.39 is 5.91 Å². The van der Waals surface area contributed by atoms with Crippen LogP contribution in [0.4, 0.5) is 10.1 Å². The lowest BCUT2D eigenvalue weighted by molar-refractivity contribution is 0.100. The van der Waals surface area contributed by atoms with Gasteiger partial charge in [-0.3, -0.25) is 9.59 Å². The second-order valence-electron chi connectivity index (χ2n) is 5.30. The number of thiazole rings is 1. The van der Waals surface area contributed by atoms with Crippen LogP contribution in [0.15, 0.2) is 48.5 Å². The highest BCUT2D eigenvalue weighted by atomic mass is 32.1. The van der Waals surface area contributed by atoms with E-state index in [9.17, 15) is 14.0 Å². The Hall–Kier alpha value is -3.06. The summed E-state index contributed by atoms with van der Waals surface area (Å²) >= 11 is 1.20. The standard InChI is InChI=1S/C18H14FN3O2S/c1-10-15(25-18(21-10)11-6-8-12(19)9-7-11)17(24)22-14-5-3-2-4-13(14)16(20)23/h2-9H,1H3,(H2,20,23)(H,22,24). The molecule has 0 unspecified atom stereocenters. The number of hydrogen-bond donors (Lipinski definition) is 2. The predicted molar refractivity (Wildman–Crippen MR) is 95.2 cm³/mol. The molecule has 5 nitrogen and oxygen atoms in total. The van der Waals surface area contributed by atoms with Crippen LogP contribution in [0.5, 0.6) is 0 Å². The number of carbonyl (C=O) groups excluding carboxylic acids is 2. The van der Waals surface area contributed by atoms with Gasteiger partial charge in [0.2, 0.25) is 0 Å². The first kappa shape index (κ1) is 16.8. The molecule has 0 aliphatic heterocycles. The summed E-state index contributed by atoms with van der Waals surface area (Å²) in [5, 5.41) is 3.31. The Kier molecular flexibility index (Phi) is 4.58. The van der Waals surface area contributed by atoms with Crippen molar-refractivity contribution in [1.82, 2.24) is 4.98 Å². The number of rotatable bonds is 4. The maximum Gasteiger partial charge on any atom is 0.267 e. The van der Waals surface area contributed by atoms with Crippen LogP contribution in [0.3, 0.4) is 0 Å². The Balaban J connectivity index is 1.89. The van der Waals surface area contributed by atoms with Gasteiger partial charge >= 0.3 is 0 Å². The van der Waals surface area contributed by atoms with E-state index in [1.54, 1.807) is 43.3 Å². The predicted octanol–water partition coefficient (Wildman–Crippen LogP) is 3.61. The first-order valence-corrected chi connectivity index (χ1v) is 8.21. The van der Waals surface area contributed by atoms with Gasteiger partial charge in [0.05, 0.1) is 16.9 Å². The molecule has 0 saturated carbocycles. The molecule has 0 atom stereocenters. The van der Waals surface area contributed by atoms with Gasteiger partial charge in [-0.25, -0.2) is 9.37 Å². The summed E-state index contributed by atoms with van der Waals surface area (Å²) in [6.45, 7) is 1.72. The highest BCUT2D eigenvalue weighted by Crippen LogP contribution is 2.29. The Morgan fingerprint density at radius 1 is 1.12 bits per heavy atom. The van der Waals surface area contributed by atoms with Gasteiger partial charge in [-0.2, -0.15) is 0 Å². The van der Waals surface area contributed by atoms with Crippen molar-refractivity contribution in [3.63, 3.8) is 0 Å². The molecule has 0 saturated heterocycles. The van der Waals surface area contributed by atoms with Gasteiger partial charge in [0, 0.05) is 5.56 Å². The minimum atomic E-state index is -0.621. The zero-order valence-electron chi connectivity index (χ0n) is 13.2. The van der Waals surface area contributed by atoms with Gasteiger partial charge in [-0.1, -0.05) is 12.1 Å². The number of amides is 2. The molecule has 0 bridgehead atoms. The molecule has 2 aromatic carbocycles. The first-order valence-electron chi connectivity index (χ1n) is 7.39. The molecule has 0 fully saturated rings. The molecular formula is C18H14FN3O2S. The third-order valence-corrected chi connectivity index (χ3v) is 4.74. The van der Waals surface area contributed by atoms with Crippen LogP contribution in [-0.2, 0) is 0 Å². The van der Waals surface area contributed by atoms with Crippen LogP contribution in [-0.4, -0.2) is 16.8 Å². The number of primary amides is 1. The van der Waals surface area contributed by atoms with Gasteiger partial charge < -0.3 is 11.1 Å². The first-order chi connectivity index (χ1) is 12.0. The van der Waals surface area contributed by atoms with Crippen LogP contribution in [0.25, 0.3) is 10.6 Å².